The van der Waals surface area contributed by atoms with Crippen LogP contribution in [0.1, 0.15) is 24.1 Å². The van der Waals surface area contributed by atoms with E-state index in [0.29, 0.717) is 0 Å². The van der Waals surface area contributed by atoms with E-state index in [9.17, 15) is 5.11 Å². The van der Waals surface area contributed by atoms with Crippen molar-refractivity contribution in [2.24, 2.45) is 0 Å². The molecule has 0 aliphatic heterocycles. The monoisotopic (exact) mass is 255 g/mol. The topological polar surface area (TPSA) is 23.5 Å². The number of aliphatic hydroxyl groups excluding tert-OH is 1. The maximum Gasteiger partial charge on any atom is 0.0795 e. The molecule has 2 aromatic carbocycles. The van der Waals surface area contributed by atoms with Gasteiger partial charge in [-0.2, -0.15) is 0 Å². The molecule has 100 valence electrons. The Morgan fingerprint density at radius 1 is 1.00 bits per heavy atom. The van der Waals surface area contributed by atoms with Gasteiger partial charge in [-0.05, 0) is 31.5 Å². The van der Waals surface area contributed by atoms with Crippen molar-refractivity contribution in [3.63, 3.8) is 0 Å². The van der Waals surface area contributed by atoms with E-state index in [0.717, 1.165) is 11.3 Å². The van der Waals surface area contributed by atoms with Crippen LogP contribution >= 0.6 is 0 Å². The molecular weight excluding hydrogens is 234 g/mol. The van der Waals surface area contributed by atoms with Crippen LogP contribution in [-0.2, 0) is 0 Å². The van der Waals surface area contributed by atoms with Crippen LogP contribution in [0.2, 0.25) is 0 Å². The van der Waals surface area contributed by atoms with E-state index < -0.39 is 6.10 Å². The van der Waals surface area contributed by atoms with E-state index >= 15 is 0 Å². The molecule has 0 saturated carbocycles. The summed E-state index contributed by atoms with van der Waals surface area (Å²) >= 11 is 0. The van der Waals surface area contributed by atoms with Gasteiger partial charge in [-0.25, -0.2) is 0 Å². The van der Waals surface area contributed by atoms with Gasteiger partial charge < -0.3 is 10.0 Å². The fraction of sp³-hybridized carbons (Fsp3) is 0.294. The molecule has 0 radical (unpaired) electrons. The van der Waals surface area contributed by atoms with Gasteiger partial charge in [0.1, 0.15) is 0 Å². The molecule has 2 atom stereocenters. The van der Waals surface area contributed by atoms with Gasteiger partial charge in [-0.3, -0.25) is 0 Å². The zero-order valence-electron chi connectivity index (χ0n) is 11.7. The number of anilines is 1. The Morgan fingerprint density at radius 2 is 1.68 bits per heavy atom. The molecule has 0 fully saturated rings. The summed E-state index contributed by atoms with van der Waals surface area (Å²) in [5, 5.41) is 10.1. The number of para-hydroxylation sites is 1. The van der Waals surface area contributed by atoms with Crippen LogP contribution in [0.4, 0.5) is 5.69 Å². The average Bonchev–Trinajstić information content (AvgIpc) is 2.39. The molecule has 0 aliphatic rings. The van der Waals surface area contributed by atoms with Gasteiger partial charge in [0.2, 0.25) is 0 Å². The van der Waals surface area contributed by atoms with E-state index in [-0.39, 0.29) is 6.04 Å². The van der Waals surface area contributed by atoms with Crippen molar-refractivity contribution in [3.05, 3.63) is 65.7 Å². The second kappa shape index (κ2) is 5.89. The van der Waals surface area contributed by atoms with Crippen LogP contribution in [0.25, 0.3) is 0 Å². The number of hydrogen-bond donors (Lipinski definition) is 1. The van der Waals surface area contributed by atoms with Gasteiger partial charge in [0.25, 0.3) is 0 Å². The van der Waals surface area contributed by atoms with Gasteiger partial charge in [0, 0.05) is 12.7 Å². The Bertz CT molecular complexity index is 522. The number of rotatable bonds is 4. The molecule has 0 aliphatic carbocycles. The van der Waals surface area contributed by atoms with Gasteiger partial charge >= 0.3 is 0 Å². The Morgan fingerprint density at radius 3 is 2.26 bits per heavy atom. The third-order valence-corrected chi connectivity index (χ3v) is 3.42. The summed E-state index contributed by atoms with van der Waals surface area (Å²) in [7, 11) is 2.02. The van der Waals surface area contributed by atoms with Crippen LogP contribution < -0.4 is 4.90 Å². The summed E-state index contributed by atoms with van der Waals surface area (Å²) in [4.78, 5) is 2.12. The molecule has 0 amide bonds. The molecule has 1 N–H and O–H groups in total. The Balaban J connectivity index is 2.36. The number of likely N-dealkylation sites (N-methyl/N-ethyl adjacent to an activating group) is 1. The molecule has 19 heavy (non-hydrogen) atoms. The van der Waals surface area contributed by atoms with Crippen molar-refractivity contribution in [2.45, 2.75) is 26.0 Å². The summed E-state index contributed by atoms with van der Waals surface area (Å²) < 4.78 is 0. The van der Waals surface area contributed by atoms with E-state index in [2.05, 4.69) is 42.2 Å². The third-order valence-electron chi connectivity index (χ3n) is 3.42. The van der Waals surface area contributed by atoms with Crippen molar-refractivity contribution >= 4 is 5.69 Å². The molecule has 2 aromatic rings. The minimum Gasteiger partial charge on any atom is -0.391 e. The maximum atomic E-state index is 10.1. The molecule has 0 aromatic heterocycles. The summed E-state index contributed by atoms with van der Waals surface area (Å²) in [6.07, 6.45) is -0.438. The summed E-state index contributed by atoms with van der Waals surface area (Å²) in [5.41, 5.74) is 3.46. The fourth-order valence-corrected chi connectivity index (χ4v) is 2.50. The lowest BCUT2D eigenvalue weighted by Gasteiger charge is -2.32. The standard InChI is InChI=1S/C17H21NO/c1-13-8-7-9-15(12-13)17(14(2)19)18(3)16-10-5-4-6-11-16/h4-12,14,17,19H,1-3H3/t14-,17-/m0/s1. The summed E-state index contributed by atoms with van der Waals surface area (Å²) in [5.74, 6) is 0. The van der Waals surface area contributed by atoms with Gasteiger partial charge in [-0.15, -0.1) is 0 Å². The SMILES string of the molecule is Cc1cccc([C@H]([C@H](C)O)N(C)c2ccccc2)c1. The highest BCUT2D eigenvalue weighted by Crippen LogP contribution is 2.28. The first kappa shape index (κ1) is 13.6. The highest BCUT2D eigenvalue weighted by Gasteiger charge is 2.22. The predicted octanol–water partition coefficient (Wildman–Crippen LogP) is 3.55. The average molecular weight is 255 g/mol. The van der Waals surface area contributed by atoms with Crippen LogP contribution in [0.5, 0.6) is 0 Å². The smallest absolute Gasteiger partial charge is 0.0795 e. The molecule has 2 rings (SSSR count). The maximum absolute atomic E-state index is 10.1. The van der Waals surface area contributed by atoms with Crippen molar-refractivity contribution in [3.8, 4) is 0 Å². The highest BCUT2D eigenvalue weighted by atomic mass is 16.3. The van der Waals surface area contributed by atoms with Gasteiger partial charge in [0.05, 0.1) is 12.1 Å². The van der Waals surface area contributed by atoms with Crippen LogP contribution in [-0.4, -0.2) is 18.3 Å². The number of benzene rings is 2. The van der Waals surface area contributed by atoms with Crippen LogP contribution in [0, 0.1) is 6.92 Å². The molecule has 0 spiro atoms. The predicted molar refractivity (Wildman–Crippen MR) is 80.4 cm³/mol. The molecule has 0 heterocycles. The zero-order valence-corrected chi connectivity index (χ0v) is 11.7. The van der Waals surface area contributed by atoms with Crippen molar-refractivity contribution in [1.82, 2.24) is 0 Å². The minimum atomic E-state index is -0.438. The van der Waals surface area contributed by atoms with Crippen molar-refractivity contribution < 1.29 is 5.11 Å². The molecular formula is C17H21NO. The van der Waals surface area contributed by atoms with Crippen LogP contribution in [0.3, 0.4) is 0 Å². The molecule has 2 nitrogen and oxygen atoms in total. The Kier molecular flexibility index (Phi) is 4.23. The lowest BCUT2D eigenvalue weighted by molar-refractivity contribution is 0.161. The molecule has 0 bridgehead atoms. The van der Waals surface area contributed by atoms with Crippen LogP contribution in [0.15, 0.2) is 54.6 Å². The second-order valence-corrected chi connectivity index (χ2v) is 5.05. The van der Waals surface area contributed by atoms with Gasteiger partial charge in [0.15, 0.2) is 0 Å². The Labute approximate surface area is 115 Å². The first-order valence-corrected chi connectivity index (χ1v) is 6.62. The molecule has 0 saturated heterocycles. The number of aliphatic hydroxyl groups is 1. The summed E-state index contributed by atoms with van der Waals surface area (Å²) in [6, 6.07) is 18.4. The fourth-order valence-electron chi connectivity index (χ4n) is 2.50. The number of aryl methyl sites for hydroxylation is 1. The largest absolute Gasteiger partial charge is 0.391 e. The second-order valence-electron chi connectivity index (χ2n) is 5.05. The quantitative estimate of drug-likeness (QED) is 0.903. The number of nitrogens with zero attached hydrogens (tertiary/aromatic N) is 1. The highest BCUT2D eigenvalue weighted by molar-refractivity contribution is 5.48. The lowest BCUT2D eigenvalue weighted by Crippen LogP contribution is -2.32. The van der Waals surface area contributed by atoms with E-state index in [4.69, 9.17) is 0 Å². The lowest BCUT2D eigenvalue weighted by atomic mass is 9.98. The first-order chi connectivity index (χ1) is 9.09. The molecule has 2 heteroatoms. The van der Waals surface area contributed by atoms with Gasteiger partial charge in [-0.1, -0.05) is 48.0 Å². The first-order valence-electron chi connectivity index (χ1n) is 6.62. The number of hydrogen-bond acceptors (Lipinski definition) is 2. The normalized spacial score (nSPS) is 13.9. The summed E-state index contributed by atoms with van der Waals surface area (Å²) in [6.45, 7) is 3.91. The third kappa shape index (κ3) is 3.15. The van der Waals surface area contributed by atoms with E-state index in [1.165, 1.54) is 5.56 Å². The minimum absolute atomic E-state index is 0.0395. The van der Waals surface area contributed by atoms with Crippen molar-refractivity contribution in [1.29, 1.82) is 0 Å². The Hall–Kier alpha value is -1.80. The van der Waals surface area contributed by atoms with E-state index in [1.807, 2.05) is 38.2 Å². The zero-order chi connectivity index (χ0) is 13.8. The molecule has 0 unspecified atom stereocenters. The van der Waals surface area contributed by atoms with Crippen molar-refractivity contribution in [2.75, 3.05) is 11.9 Å². The van der Waals surface area contributed by atoms with E-state index in [1.54, 1.807) is 0 Å².